The normalized spacial score (nSPS) is 23.4. The van der Waals surface area contributed by atoms with Gasteiger partial charge in [-0.2, -0.15) is 0 Å². The summed E-state index contributed by atoms with van der Waals surface area (Å²) >= 11 is 0. The van der Waals surface area contributed by atoms with E-state index in [1.165, 1.54) is 12.8 Å². The lowest BCUT2D eigenvalue weighted by atomic mass is 10.1. The highest BCUT2D eigenvalue weighted by atomic mass is 15.3. The van der Waals surface area contributed by atoms with Gasteiger partial charge in [-0.25, -0.2) is 4.98 Å². The van der Waals surface area contributed by atoms with Crippen molar-refractivity contribution in [2.24, 2.45) is 5.73 Å². The van der Waals surface area contributed by atoms with Gasteiger partial charge in [-0.15, -0.1) is 0 Å². The molecule has 98 valence electrons. The molecule has 1 fully saturated rings. The van der Waals surface area contributed by atoms with Crippen LogP contribution in [0.25, 0.3) is 0 Å². The SMILES string of the molecule is CCC1CCC(C)N1c1nccc(C)c1C(=N)N. The zero-order valence-corrected chi connectivity index (χ0v) is 11.4. The number of anilines is 1. The maximum atomic E-state index is 7.78. The third kappa shape index (κ3) is 2.07. The molecule has 2 heterocycles. The average Bonchev–Trinajstić information content (AvgIpc) is 2.69. The van der Waals surface area contributed by atoms with E-state index < -0.39 is 0 Å². The molecule has 2 unspecified atom stereocenters. The Morgan fingerprint density at radius 1 is 1.56 bits per heavy atom. The minimum absolute atomic E-state index is 0.115. The first-order chi connectivity index (χ1) is 8.56. The van der Waals surface area contributed by atoms with Crippen LogP contribution in [0, 0.1) is 12.3 Å². The predicted molar refractivity (Wildman–Crippen MR) is 75.2 cm³/mol. The Morgan fingerprint density at radius 3 is 2.89 bits per heavy atom. The molecule has 4 nitrogen and oxygen atoms in total. The van der Waals surface area contributed by atoms with E-state index in [1.807, 2.05) is 19.2 Å². The molecular formula is C14H22N4. The second kappa shape index (κ2) is 4.96. The molecule has 0 aromatic carbocycles. The van der Waals surface area contributed by atoms with E-state index in [2.05, 4.69) is 23.7 Å². The standard InChI is InChI=1S/C14H22N4/c1-4-11-6-5-10(3)18(11)14-12(13(15)16)9(2)7-8-17-14/h7-8,10-11H,4-6H2,1-3H3,(H3,15,16). The van der Waals surface area contributed by atoms with E-state index in [0.29, 0.717) is 12.1 Å². The maximum absolute atomic E-state index is 7.78. The zero-order valence-electron chi connectivity index (χ0n) is 11.4. The highest BCUT2D eigenvalue weighted by molar-refractivity contribution is 6.01. The van der Waals surface area contributed by atoms with Crippen LogP contribution in [0.4, 0.5) is 5.82 Å². The van der Waals surface area contributed by atoms with Crippen molar-refractivity contribution in [1.29, 1.82) is 5.41 Å². The van der Waals surface area contributed by atoms with E-state index in [1.54, 1.807) is 0 Å². The summed E-state index contributed by atoms with van der Waals surface area (Å²) in [6, 6.07) is 2.91. The van der Waals surface area contributed by atoms with E-state index in [0.717, 1.165) is 23.4 Å². The van der Waals surface area contributed by atoms with Gasteiger partial charge in [-0.3, -0.25) is 5.41 Å². The van der Waals surface area contributed by atoms with Gasteiger partial charge in [0.25, 0.3) is 0 Å². The van der Waals surface area contributed by atoms with Gasteiger partial charge >= 0.3 is 0 Å². The smallest absolute Gasteiger partial charge is 0.140 e. The minimum Gasteiger partial charge on any atom is -0.384 e. The average molecular weight is 246 g/mol. The summed E-state index contributed by atoms with van der Waals surface area (Å²) in [6.45, 7) is 6.42. The second-order valence-corrected chi connectivity index (χ2v) is 5.14. The Labute approximate surface area is 109 Å². The van der Waals surface area contributed by atoms with Gasteiger partial charge < -0.3 is 10.6 Å². The number of amidine groups is 1. The molecule has 1 saturated heterocycles. The summed E-state index contributed by atoms with van der Waals surface area (Å²) in [4.78, 5) is 6.85. The van der Waals surface area contributed by atoms with E-state index in [-0.39, 0.29) is 5.84 Å². The molecule has 0 aliphatic carbocycles. The molecule has 3 N–H and O–H groups in total. The summed E-state index contributed by atoms with van der Waals surface area (Å²) in [6.07, 6.45) is 5.31. The van der Waals surface area contributed by atoms with Crippen LogP contribution in [0.1, 0.15) is 44.2 Å². The Balaban J connectivity index is 2.50. The largest absolute Gasteiger partial charge is 0.384 e. The Morgan fingerprint density at radius 2 is 2.28 bits per heavy atom. The van der Waals surface area contributed by atoms with Crippen LogP contribution in [0.2, 0.25) is 0 Å². The summed E-state index contributed by atoms with van der Waals surface area (Å²) in [5.41, 5.74) is 7.56. The van der Waals surface area contributed by atoms with Crippen LogP contribution in [0.3, 0.4) is 0 Å². The lowest BCUT2D eigenvalue weighted by Gasteiger charge is -2.31. The molecule has 0 spiro atoms. The van der Waals surface area contributed by atoms with Crippen molar-refractivity contribution in [3.05, 3.63) is 23.4 Å². The van der Waals surface area contributed by atoms with Crippen LogP contribution < -0.4 is 10.6 Å². The molecule has 1 aliphatic rings. The number of nitrogens with two attached hydrogens (primary N) is 1. The zero-order chi connectivity index (χ0) is 13.3. The third-order valence-corrected chi connectivity index (χ3v) is 3.91. The van der Waals surface area contributed by atoms with Gasteiger partial charge in [0, 0.05) is 18.3 Å². The van der Waals surface area contributed by atoms with Crippen molar-refractivity contribution in [2.45, 2.75) is 52.1 Å². The lowest BCUT2D eigenvalue weighted by Crippen LogP contribution is -2.36. The van der Waals surface area contributed by atoms with Gasteiger partial charge in [0.15, 0.2) is 0 Å². The van der Waals surface area contributed by atoms with Gasteiger partial charge in [-0.05, 0) is 44.7 Å². The van der Waals surface area contributed by atoms with Crippen LogP contribution in [-0.2, 0) is 0 Å². The quantitative estimate of drug-likeness (QED) is 0.636. The number of hydrogen-bond donors (Lipinski definition) is 2. The Hall–Kier alpha value is -1.58. The molecule has 0 bridgehead atoms. The lowest BCUT2D eigenvalue weighted by molar-refractivity contribution is 0.620. The van der Waals surface area contributed by atoms with Crippen molar-refractivity contribution >= 4 is 11.7 Å². The molecule has 0 saturated carbocycles. The fraction of sp³-hybridized carbons (Fsp3) is 0.571. The Bertz CT molecular complexity index is 455. The first kappa shape index (κ1) is 12.9. The highest BCUT2D eigenvalue weighted by Gasteiger charge is 2.32. The highest BCUT2D eigenvalue weighted by Crippen LogP contribution is 2.33. The van der Waals surface area contributed by atoms with Crippen LogP contribution in [0.5, 0.6) is 0 Å². The van der Waals surface area contributed by atoms with Crippen molar-refractivity contribution in [3.8, 4) is 0 Å². The van der Waals surface area contributed by atoms with Gasteiger partial charge in [0.2, 0.25) is 0 Å². The van der Waals surface area contributed by atoms with E-state index in [9.17, 15) is 0 Å². The molecule has 1 aromatic heterocycles. The summed E-state index contributed by atoms with van der Waals surface area (Å²) in [5.74, 6) is 1.00. The minimum atomic E-state index is 0.115. The number of nitrogen functional groups attached to an aromatic ring is 1. The number of rotatable bonds is 3. The first-order valence-corrected chi connectivity index (χ1v) is 6.64. The number of nitrogens with one attached hydrogen (secondary N) is 1. The summed E-state index contributed by atoms with van der Waals surface area (Å²) in [7, 11) is 0. The summed E-state index contributed by atoms with van der Waals surface area (Å²) < 4.78 is 0. The number of aryl methyl sites for hydroxylation is 1. The van der Waals surface area contributed by atoms with Gasteiger partial charge in [0.05, 0.1) is 5.56 Å². The van der Waals surface area contributed by atoms with Crippen molar-refractivity contribution in [2.75, 3.05) is 4.90 Å². The van der Waals surface area contributed by atoms with Crippen molar-refractivity contribution in [1.82, 2.24) is 4.98 Å². The fourth-order valence-corrected chi connectivity index (χ4v) is 2.93. The van der Waals surface area contributed by atoms with Crippen LogP contribution in [0.15, 0.2) is 12.3 Å². The fourth-order valence-electron chi connectivity index (χ4n) is 2.93. The number of nitrogens with zero attached hydrogens (tertiary/aromatic N) is 2. The molecular weight excluding hydrogens is 224 g/mol. The van der Waals surface area contributed by atoms with Crippen molar-refractivity contribution < 1.29 is 0 Å². The second-order valence-electron chi connectivity index (χ2n) is 5.14. The monoisotopic (exact) mass is 246 g/mol. The predicted octanol–water partition coefficient (Wildman–Crippen LogP) is 2.44. The van der Waals surface area contributed by atoms with Crippen molar-refractivity contribution in [3.63, 3.8) is 0 Å². The molecule has 18 heavy (non-hydrogen) atoms. The number of pyridine rings is 1. The molecule has 2 rings (SSSR count). The Kier molecular flexibility index (Phi) is 3.55. The number of hydrogen-bond acceptors (Lipinski definition) is 3. The van der Waals surface area contributed by atoms with Crippen LogP contribution in [-0.4, -0.2) is 22.9 Å². The summed E-state index contributed by atoms with van der Waals surface area (Å²) in [5, 5.41) is 7.78. The van der Waals surface area contributed by atoms with Gasteiger partial charge in [0.1, 0.15) is 11.7 Å². The molecule has 0 radical (unpaired) electrons. The van der Waals surface area contributed by atoms with Gasteiger partial charge in [-0.1, -0.05) is 6.92 Å². The maximum Gasteiger partial charge on any atom is 0.140 e. The molecule has 1 aromatic rings. The van der Waals surface area contributed by atoms with E-state index in [4.69, 9.17) is 11.1 Å². The molecule has 2 atom stereocenters. The molecule has 1 aliphatic heterocycles. The number of aromatic nitrogens is 1. The topological polar surface area (TPSA) is 66.0 Å². The molecule has 0 amide bonds. The third-order valence-electron chi connectivity index (χ3n) is 3.91. The van der Waals surface area contributed by atoms with Crippen LogP contribution >= 0.6 is 0 Å². The molecule has 4 heteroatoms. The van der Waals surface area contributed by atoms with E-state index >= 15 is 0 Å². The first-order valence-electron chi connectivity index (χ1n) is 6.64.